The number of nitrogens with zero attached hydrogens (tertiary/aromatic N) is 1. The summed E-state index contributed by atoms with van der Waals surface area (Å²) in [6.07, 6.45) is 0. The Labute approximate surface area is 109 Å². The zero-order valence-corrected chi connectivity index (χ0v) is 11.3. The molecule has 2 aromatic rings. The van der Waals surface area contributed by atoms with Crippen molar-refractivity contribution in [3.8, 4) is 0 Å². The molecule has 2 aromatic carbocycles. The Bertz CT molecular complexity index is 547. The number of hydrogen-bond donors (Lipinski definition) is 1. The van der Waals surface area contributed by atoms with Crippen LogP contribution in [-0.4, -0.2) is 6.54 Å². The van der Waals surface area contributed by atoms with E-state index in [9.17, 15) is 0 Å². The molecule has 0 aliphatic carbocycles. The molecule has 0 aromatic heterocycles. The van der Waals surface area contributed by atoms with Crippen LogP contribution in [0.25, 0.3) is 0 Å². The fraction of sp³-hybridized carbons (Fsp3) is 0.250. The summed E-state index contributed by atoms with van der Waals surface area (Å²) >= 11 is 0. The van der Waals surface area contributed by atoms with Crippen LogP contribution in [0.15, 0.2) is 42.5 Å². The monoisotopic (exact) mass is 240 g/mol. The van der Waals surface area contributed by atoms with Gasteiger partial charge in [0.05, 0.1) is 11.4 Å². The molecule has 0 unspecified atom stereocenters. The summed E-state index contributed by atoms with van der Waals surface area (Å²) in [6, 6.07) is 14.7. The lowest BCUT2D eigenvalue weighted by molar-refractivity contribution is 1.02. The van der Waals surface area contributed by atoms with Gasteiger partial charge in [-0.1, -0.05) is 18.2 Å². The lowest BCUT2D eigenvalue weighted by Crippen LogP contribution is -2.17. The third-order valence-corrected chi connectivity index (χ3v) is 3.10. The average molecular weight is 240 g/mol. The predicted octanol–water partition coefficient (Wildman–Crippen LogP) is 4.04. The van der Waals surface area contributed by atoms with E-state index in [0.29, 0.717) is 0 Å². The van der Waals surface area contributed by atoms with Crippen LogP contribution in [0.1, 0.15) is 18.1 Å². The topological polar surface area (TPSA) is 29.3 Å². The Morgan fingerprint density at radius 1 is 1.00 bits per heavy atom. The minimum atomic E-state index is 0.832. The molecule has 0 atom stereocenters. The average Bonchev–Trinajstić information content (AvgIpc) is 2.33. The Morgan fingerprint density at radius 3 is 2.33 bits per heavy atom. The molecule has 0 heterocycles. The normalized spacial score (nSPS) is 10.4. The van der Waals surface area contributed by atoms with Crippen molar-refractivity contribution in [3.05, 3.63) is 53.6 Å². The number of benzene rings is 2. The van der Waals surface area contributed by atoms with E-state index in [4.69, 9.17) is 5.73 Å². The Morgan fingerprint density at radius 2 is 1.72 bits per heavy atom. The number of nitrogen functional groups attached to an aromatic ring is 1. The highest BCUT2D eigenvalue weighted by atomic mass is 15.1. The molecular weight excluding hydrogens is 220 g/mol. The lowest BCUT2D eigenvalue weighted by Gasteiger charge is -2.25. The van der Waals surface area contributed by atoms with E-state index in [0.717, 1.165) is 17.9 Å². The highest BCUT2D eigenvalue weighted by Crippen LogP contribution is 2.31. The summed E-state index contributed by atoms with van der Waals surface area (Å²) in [7, 11) is 0. The van der Waals surface area contributed by atoms with Gasteiger partial charge in [-0.15, -0.1) is 0 Å². The van der Waals surface area contributed by atoms with Crippen LogP contribution in [0.4, 0.5) is 17.1 Å². The standard InChI is InChI=1S/C16H20N2/c1-4-18(14-7-5-6-12(2)10-14)16-9-8-13(3)11-15(16)17/h5-11H,4,17H2,1-3H3. The SMILES string of the molecule is CCN(c1cccc(C)c1)c1ccc(C)cc1N. The predicted molar refractivity (Wildman–Crippen MR) is 79.5 cm³/mol. The van der Waals surface area contributed by atoms with Crippen molar-refractivity contribution in [2.45, 2.75) is 20.8 Å². The van der Waals surface area contributed by atoms with Crippen LogP contribution >= 0.6 is 0 Å². The van der Waals surface area contributed by atoms with Crippen molar-refractivity contribution >= 4 is 17.1 Å². The zero-order chi connectivity index (χ0) is 13.1. The molecule has 2 nitrogen and oxygen atoms in total. The van der Waals surface area contributed by atoms with Gasteiger partial charge in [-0.2, -0.15) is 0 Å². The lowest BCUT2D eigenvalue weighted by atomic mass is 10.1. The van der Waals surface area contributed by atoms with Crippen molar-refractivity contribution in [2.24, 2.45) is 0 Å². The molecule has 0 fully saturated rings. The zero-order valence-electron chi connectivity index (χ0n) is 11.3. The molecule has 2 heteroatoms. The van der Waals surface area contributed by atoms with Gasteiger partial charge >= 0.3 is 0 Å². The van der Waals surface area contributed by atoms with E-state index in [-0.39, 0.29) is 0 Å². The molecule has 0 saturated heterocycles. The fourth-order valence-electron chi connectivity index (χ4n) is 2.21. The third-order valence-electron chi connectivity index (χ3n) is 3.10. The molecule has 0 bridgehead atoms. The van der Waals surface area contributed by atoms with Gasteiger partial charge in [0.2, 0.25) is 0 Å². The van der Waals surface area contributed by atoms with Crippen molar-refractivity contribution < 1.29 is 0 Å². The fourth-order valence-corrected chi connectivity index (χ4v) is 2.21. The summed E-state index contributed by atoms with van der Waals surface area (Å²) in [6.45, 7) is 7.21. The van der Waals surface area contributed by atoms with E-state index in [2.05, 4.69) is 62.1 Å². The van der Waals surface area contributed by atoms with Crippen LogP contribution in [0.3, 0.4) is 0 Å². The van der Waals surface area contributed by atoms with Crippen LogP contribution in [-0.2, 0) is 0 Å². The van der Waals surface area contributed by atoms with Gasteiger partial charge in [0, 0.05) is 12.2 Å². The summed E-state index contributed by atoms with van der Waals surface area (Å²) in [5.41, 5.74) is 11.7. The molecule has 94 valence electrons. The van der Waals surface area contributed by atoms with Crippen LogP contribution < -0.4 is 10.6 Å². The van der Waals surface area contributed by atoms with Gasteiger partial charge in [0.15, 0.2) is 0 Å². The number of rotatable bonds is 3. The van der Waals surface area contributed by atoms with Crippen LogP contribution in [0.2, 0.25) is 0 Å². The first-order valence-corrected chi connectivity index (χ1v) is 6.32. The quantitative estimate of drug-likeness (QED) is 0.820. The number of nitrogens with two attached hydrogens (primary N) is 1. The molecule has 0 spiro atoms. The van der Waals surface area contributed by atoms with Crippen LogP contribution in [0.5, 0.6) is 0 Å². The number of anilines is 3. The van der Waals surface area contributed by atoms with Gasteiger partial charge in [-0.3, -0.25) is 0 Å². The highest BCUT2D eigenvalue weighted by Gasteiger charge is 2.10. The van der Waals surface area contributed by atoms with Crippen molar-refractivity contribution in [3.63, 3.8) is 0 Å². The summed E-state index contributed by atoms with van der Waals surface area (Å²) < 4.78 is 0. The molecule has 2 N–H and O–H groups in total. The molecule has 0 aliphatic heterocycles. The summed E-state index contributed by atoms with van der Waals surface area (Å²) in [5.74, 6) is 0. The van der Waals surface area contributed by atoms with Crippen molar-refractivity contribution in [1.82, 2.24) is 0 Å². The first-order chi connectivity index (χ1) is 8.61. The maximum Gasteiger partial charge on any atom is 0.0644 e. The second-order valence-corrected chi connectivity index (χ2v) is 4.65. The molecule has 0 saturated carbocycles. The minimum absolute atomic E-state index is 0.832. The van der Waals surface area contributed by atoms with Gasteiger partial charge in [-0.25, -0.2) is 0 Å². The van der Waals surface area contributed by atoms with Crippen molar-refractivity contribution in [2.75, 3.05) is 17.2 Å². The maximum absolute atomic E-state index is 6.13. The third kappa shape index (κ3) is 2.48. The molecule has 0 aliphatic rings. The Balaban J connectivity index is 2.45. The molecule has 0 radical (unpaired) electrons. The first-order valence-electron chi connectivity index (χ1n) is 6.32. The van der Waals surface area contributed by atoms with E-state index < -0.39 is 0 Å². The molecule has 18 heavy (non-hydrogen) atoms. The van der Waals surface area contributed by atoms with Crippen molar-refractivity contribution in [1.29, 1.82) is 0 Å². The van der Waals surface area contributed by atoms with E-state index in [1.165, 1.54) is 16.8 Å². The first kappa shape index (κ1) is 12.5. The smallest absolute Gasteiger partial charge is 0.0644 e. The van der Waals surface area contributed by atoms with Gasteiger partial charge in [-0.05, 0) is 56.2 Å². The number of hydrogen-bond acceptors (Lipinski definition) is 2. The van der Waals surface area contributed by atoms with Crippen LogP contribution in [0, 0.1) is 13.8 Å². The van der Waals surface area contributed by atoms with E-state index in [1.54, 1.807) is 0 Å². The number of aryl methyl sites for hydroxylation is 2. The highest BCUT2D eigenvalue weighted by molar-refractivity contribution is 5.75. The minimum Gasteiger partial charge on any atom is -0.397 e. The van der Waals surface area contributed by atoms with E-state index in [1.807, 2.05) is 6.07 Å². The maximum atomic E-state index is 6.13. The molecule has 0 amide bonds. The van der Waals surface area contributed by atoms with Gasteiger partial charge < -0.3 is 10.6 Å². The van der Waals surface area contributed by atoms with E-state index >= 15 is 0 Å². The summed E-state index contributed by atoms with van der Waals surface area (Å²) in [5, 5.41) is 0. The second kappa shape index (κ2) is 5.13. The van der Waals surface area contributed by atoms with Gasteiger partial charge in [0.25, 0.3) is 0 Å². The molecule has 2 rings (SSSR count). The summed E-state index contributed by atoms with van der Waals surface area (Å²) in [4.78, 5) is 2.24. The Hall–Kier alpha value is -1.96. The second-order valence-electron chi connectivity index (χ2n) is 4.65. The Kier molecular flexibility index (Phi) is 3.56. The largest absolute Gasteiger partial charge is 0.397 e. The molecular formula is C16H20N2. The van der Waals surface area contributed by atoms with Gasteiger partial charge in [0.1, 0.15) is 0 Å².